The van der Waals surface area contributed by atoms with Gasteiger partial charge in [-0.25, -0.2) is 4.98 Å². The number of amides is 2. The normalized spacial score (nSPS) is 16.3. The number of piperidine rings is 1. The van der Waals surface area contributed by atoms with Crippen molar-refractivity contribution in [1.29, 1.82) is 0 Å². The SMILES string of the molecule is CSc1ccc([N+](=O)[O-])c(C(=O)Nc2ccc(N3CCCC(C(N)=O)C3)nc2)c1. The lowest BCUT2D eigenvalue weighted by atomic mass is 9.97. The van der Waals surface area contributed by atoms with E-state index in [0.717, 1.165) is 24.3 Å². The highest BCUT2D eigenvalue weighted by Gasteiger charge is 2.25. The number of anilines is 2. The fourth-order valence-electron chi connectivity index (χ4n) is 3.25. The van der Waals surface area contributed by atoms with E-state index in [1.54, 1.807) is 18.2 Å². The minimum atomic E-state index is -0.578. The zero-order valence-corrected chi connectivity index (χ0v) is 16.6. The van der Waals surface area contributed by atoms with E-state index >= 15 is 0 Å². The number of hydrogen-bond acceptors (Lipinski definition) is 7. The summed E-state index contributed by atoms with van der Waals surface area (Å²) >= 11 is 1.39. The van der Waals surface area contributed by atoms with E-state index in [0.29, 0.717) is 18.1 Å². The van der Waals surface area contributed by atoms with Crippen molar-refractivity contribution in [3.05, 3.63) is 52.2 Å². The predicted octanol–water partition coefficient (Wildman–Crippen LogP) is 2.67. The molecule has 9 nitrogen and oxygen atoms in total. The molecular weight excluding hydrogens is 394 g/mol. The van der Waals surface area contributed by atoms with E-state index in [2.05, 4.69) is 10.3 Å². The van der Waals surface area contributed by atoms with E-state index in [1.165, 1.54) is 30.1 Å². The Morgan fingerprint density at radius 2 is 2.14 bits per heavy atom. The van der Waals surface area contributed by atoms with Gasteiger partial charge in [0.15, 0.2) is 0 Å². The number of carbonyl (C=O) groups excluding carboxylic acids is 2. The number of nitrogens with one attached hydrogen (secondary N) is 1. The Balaban J connectivity index is 1.74. The molecule has 1 aliphatic heterocycles. The van der Waals surface area contributed by atoms with Gasteiger partial charge in [0.2, 0.25) is 5.91 Å². The molecule has 3 rings (SSSR count). The van der Waals surface area contributed by atoms with Gasteiger partial charge in [0, 0.05) is 24.1 Å². The van der Waals surface area contributed by atoms with Crippen LogP contribution in [0.4, 0.5) is 17.2 Å². The van der Waals surface area contributed by atoms with Crippen LogP contribution < -0.4 is 16.0 Å². The molecule has 1 fully saturated rings. The van der Waals surface area contributed by atoms with Crippen molar-refractivity contribution in [2.45, 2.75) is 17.7 Å². The monoisotopic (exact) mass is 415 g/mol. The average molecular weight is 415 g/mol. The summed E-state index contributed by atoms with van der Waals surface area (Å²) < 4.78 is 0. The molecule has 0 aliphatic carbocycles. The van der Waals surface area contributed by atoms with E-state index in [9.17, 15) is 19.7 Å². The van der Waals surface area contributed by atoms with E-state index in [-0.39, 0.29) is 23.1 Å². The lowest BCUT2D eigenvalue weighted by molar-refractivity contribution is -0.385. The van der Waals surface area contributed by atoms with E-state index in [4.69, 9.17) is 5.73 Å². The molecule has 1 aromatic carbocycles. The summed E-state index contributed by atoms with van der Waals surface area (Å²) in [5.74, 6) is -0.403. The number of thioether (sulfide) groups is 1. The van der Waals surface area contributed by atoms with Gasteiger partial charge in [0.1, 0.15) is 11.4 Å². The van der Waals surface area contributed by atoms with Crippen molar-refractivity contribution in [3.63, 3.8) is 0 Å². The third-order valence-electron chi connectivity index (χ3n) is 4.80. The van der Waals surface area contributed by atoms with Crippen molar-refractivity contribution in [2.24, 2.45) is 11.7 Å². The lowest BCUT2D eigenvalue weighted by Crippen LogP contribution is -2.41. The molecule has 1 unspecified atom stereocenters. The Bertz CT molecular complexity index is 935. The number of nitro groups is 1. The molecule has 1 aliphatic rings. The highest BCUT2D eigenvalue weighted by molar-refractivity contribution is 7.98. The first-order valence-corrected chi connectivity index (χ1v) is 10.3. The van der Waals surface area contributed by atoms with Crippen LogP contribution in [0.3, 0.4) is 0 Å². The van der Waals surface area contributed by atoms with Gasteiger partial charge in [-0.3, -0.25) is 19.7 Å². The summed E-state index contributed by atoms with van der Waals surface area (Å²) in [7, 11) is 0. The third kappa shape index (κ3) is 4.83. The number of carbonyl (C=O) groups is 2. The molecule has 0 radical (unpaired) electrons. The molecule has 3 N–H and O–H groups in total. The summed E-state index contributed by atoms with van der Waals surface area (Å²) in [6, 6.07) is 7.85. The number of hydrogen-bond donors (Lipinski definition) is 2. The Hall–Kier alpha value is -3.14. The van der Waals surface area contributed by atoms with Crippen molar-refractivity contribution in [1.82, 2.24) is 4.98 Å². The van der Waals surface area contributed by atoms with Gasteiger partial charge in [-0.05, 0) is 43.4 Å². The standard InChI is InChI=1S/C19H21N5O4S/c1-29-14-5-6-16(24(27)28)15(9-14)19(26)22-13-4-7-17(21-10-13)23-8-2-3-12(11-23)18(20)25/h4-7,9-10,12H,2-3,8,11H2,1H3,(H2,20,25)(H,22,26). The van der Waals surface area contributed by atoms with Crippen LogP contribution in [0.5, 0.6) is 0 Å². The molecule has 152 valence electrons. The van der Waals surface area contributed by atoms with Gasteiger partial charge in [0.25, 0.3) is 11.6 Å². The van der Waals surface area contributed by atoms with Crippen LogP contribution in [0.1, 0.15) is 23.2 Å². The summed E-state index contributed by atoms with van der Waals surface area (Å²) in [6.07, 6.45) is 4.94. The molecule has 1 aromatic heterocycles. The molecular formula is C19H21N5O4S. The molecule has 2 amide bonds. The molecule has 1 atom stereocenters. The second-order valence-electron chi connectivity index (χ2n) is 6.69. The largest absolute Gasteiger partial charge is 0.369 e. The lowest BCUT2D eigenvalue weighted by Gasteiger charge is -2.32. The molecule has 1 saturated heterocycles. The van der Waals surface area contributed by atoms with Crippen molar-refractivity contribution >= 4 is 40.8 Å². The van der Waals surface area contributed by atoms with Crippen molar-refractivity contribution in [3.8, 4) is 0 Å². The molecule has 2 heterocycles. The van der Waals surface area contributed by atoms with Gasteiger partial charge in [0.05, 0.1) is 22.7 Å². The van der Waals surface area contributed by atoms with Crippen molar-refractivity contribution < 1.29 is 14.5 Å². The molecule has 0 bridgehead atoms. The maximum absolute atomic E-state index is 12.6. The Morgan fingerprint density at radius 1 is 1.34 bits per heavy atom. The van der Waals surface area contributed by atoms with Crippen LogP contribution >= 0.6 is 11.8 Å². The van der Waals surface area contributed by atoms with Crippen LogP contribution in [0, 0.1) is 16.0 Å². The molecule has 0 saturated carbocycles. The van der Waals surface area contributed by atoms with Gasteiger partial charge < -0.3 is 16.0 Å². The topological polar surface area (TPSA) is 131 Å². The number of pyridine rings is 1. The molecule has 2 aromatic rings. The number of nitro benzene ring substituents is 1. The van der Waals surface area contributed by atoms with E-state index < -0.39 is 10.8 Å². The second kappa shape index (κ2) is 8.91. The highest BCUT2D eigenvalue weighted by atomic mass is 32.2. The van der Waals surface area contributed by atoms with Crippen LogP contribution in [0.2, 0.25) is 0 Å². The summed E-state index contributed by atoms with van der Waals surface area (Å²) in [5, 5.41) is 13.9. The van der Waals surface area contributed by atoms with E-state index in [1.807, 2.05) is 11.2 Å². The van der Waals surface area contributed by atoms with Gasteiger partial charge in [-0.15, -0.1) is 11.8 Å². The number of nitrogens with two attached hydrogens (primary N) is 1. The van der Waals surface area contributed by atoms with Crippen LogP contribution in [-0.2, 0) is 4.79 Å². The van der Waals surface area contributed by atoms with Crippen LogP contribution in [0.15, 0.2) is 41.4 Å². The number of primary amides is 1. The maximum atomic E-state index is 12.6. The van der Waals surface area contributed by atoms with Crippen LogP contribution in [0.25, 0.3) is 0 Å². The van der Waals surface area contributed by atoms with Gasteiger partial charge in [-0.2, -0.15) is 0 Å². The molecule has 10 heteroatoms. The summed E-state index contributed by atoms with van der Waals surface area (Å²) in [5.41, 5.74) is 5.57. The number of aromatic nitrogens is 1. The minimum absolute atomic E-state index is 0.00810. The molecule has 0 spiro atoms. The smallest absolute Gasteiger partial charge is 0.282 e. The van der Waals surface area contributed by atoms with Gasteiger partial charge >= 0.3 is 0 Å². The number of rotatable bonds is 6. The number of benzene rings is 1. The fraction of sp³-hybridized carbons (Fsp3) is 0.316. The number of nitrogens with zero attached hydrogens (tertiary/aromatic N) is 3. The zero-order valence-electron chi connectivity index (χ0n) is 15.8. The van der Waals surface area contributed by atoms with Gasteiger partial charge in [-0.1, -0.05) is 0 Å². The summed E-state index contributed by atoms with van der Waals surface area (Å²) in [4.78, 5) is 41.8. The third-order valence-corrected chi connectivity index (χ3v) is 5.52. The Morgan fingerprint density at radius 3 is 2.76 bits per heavy atom. The average Bonchev–Trinajstić information content (AvgIpc) is 2.73. The first-order valence-electron chi connectivity index (χ1n) is 9.03. The Labute approximate surface area is 171 Å². The first-order chi connectivity index (χ1) is 13.9. The predicted molar refractivity (Wildman–Crippen MR) is 111 cm³/mol. The zero-order chi connectivity index (χ0) is 21.0. The quantitative estimate of drug-likeness (QED) is 0.421. The highest BCUT2D eigenvalue weighted by Crippen LogP contribution is 2.26. The van der Waals surface area contributed by atoms with Crippen molar-refractivity contribution in [2.75, 3.05) is 29.6 Å². The second-order valence-corrected chi connectivity index (χ2v) is 7.57. The minimum Gasteiger partial charge on any atom is -0.369 e. The molecule has 29 heavy (non-hydrogen) atoms. The fourth-order valence-corrected chi connectivity index (χ4v) is 3.69. The Kier molecular flexibility index (Phi) is 6.32. The maximum Gasteiger partial charge on any atom is 0.282 e. The first kappa shape index (κ1) is 20.6. The van der Waals surface area contributed by atoms with Crippen LogP contribution in [-0.4, -0.2) is 41.1 Å². The summed E-state index contributed by atoms with van der Waals surface area (Å²) in [6.45, 7) is 1.29.